The number of hydrogen-bond donors (Lipinski definition) is 2. The third kappa shape index (κ3) is 7.20. The molecule has 0 bridgehead atoms. The number of nitrogens with zero attached hydrogens (tertiary/aromatic N) is 4. The SMILES string of the molecule is CCOC(=O)CN1CCN(C(=O)C=CCNc2cc3c(Nc4cccc(Br)c4)ncnc3cc2OC)CC1. The van der Waals surface area contributed by atoms with E-state index in [1.165, 1.54) is 6.33 Å². The molecule has 0 radical (unpaired) electrons. The van der Waals surface area contributed by atoms with Gasteiger partial charge in [-0.05, 0) is 31.2 Å². The minimum Gasteiger partial charge on any atom is -0.495 e. The Bertz CT molecular complexity index is 1310. The normalized spacial score (nSPS) is 14.0. The molecule has 1 aliphatic heterocycles. The molecule has 11 heteroatoms. The summed E-state index contributed by atoms with van der Waals surface area (Å²) in [4.78, 5) is 36.9. The van der Waals surface area contributed by atoms with Crippen molar-refractivity contribution in [2.75, 3.05) is 63.6 Å². The highest BCUT2D eigenvalue weighted by Crippen LogP contribution is 2.33. The molecule has 1 amide bonds. The standard InChI is InChI=1S/C27H31BrN6O4/c1-3-38-26(36)17-33-10-12-34(13-11-33)25(35)8-5-9-29-23-15-21-22(16-24(23)37-2)30-18-31-27(21)32-20-7-4-6-19(28)14-20/h4-8,14-16,18,29H,3,9-13,17H2,1-2H3,(H,30,31,32). The Balaban J connectivity index is 1.37. The second kappa shape index (κ2) is 13.2. The fourth-order valence-electron chi connectivity index (χ4n) is 4.14. The quantitative estimate of drug-likeness (QED) is 0.272. The first-order valence-corrected chi connectivity index (χ1v) is 13.2. The predicted molar refractivity (Wildman–Crippen MR) is 151 cm³/mol. The van der Waals surface area contributed by atoms with Crippen LogP contribution < -0.4 is 15.4 Å². The lowest BCUT2D eigenvalue weighted by molar-refractivity contribution is -0.145. The summed E-state index contributed by atoms with van der Waals surface area (Å²) < 4.78 is 11.5. The van der Waals surface area contributed by atoms with Crippen LogP contribution in [0.15, 0.2) is 59.4 Å². The van der Waals surface area contributed by atoms with Gasteiger partial charge in [-0.1, -0.05) is 28.1 Å². The van der Waals surface area contributed by atoms with Crippen LogP contribution >= 0.6 is 15.9 Å². The maximum absolute atomic E-state index is 12.6. The van der Waals surface area contributed by atoms with Crippen LogP contribution in [0.25, 0.3) is 10.9 Å². The first kappa shape index (κ1) is 27.3. The number of methoxy groups -OCH3 is 1. The number of hydrogen-bond acceptors (Lipinski definition) is 9. The molecule has 0 spiro atoms. The number of aromatic nitrogens is 2. The van der Waals surface area contributed by atoms with E-state index in [1.54, 1.807) is 31.1 Å². The fraction of sp³-hybridized carbons (Fsp3) is 0.333. The van der Waals surface area contributed by atoms with Crippen LogP contribution in [-0.2, 0) is 14.3 Å². The molecule has 2 heterocycles. The average Bonchev–Trinajstić information content (AvgIpc) is 2.91. The number of esters is 1. The van der Waals surface area contributed by atoms with E-state index in [4.69, 9.17) is 9.47 Å². The largest absolute Gasteiger partial charge is 0.495 e. The van der Waals surface area contributed by atoms with Crippen molar-refractivity contribution >= 4 is 55.9 Å². The molecule has 0 atom stereocenters. The van der Waals surface area contributed by atoms with Crippen LogP contribution in [-0.4, -0.2) is 84.6 Å². The van der Waals surface area contributed by atoms with Crippen LogP contribution in [0.4, 0.5) is 17.2 Å². The lowest BCUT2D eigenvalue weighted by Gasteiger charge is -2.33. The topological polar surface area (TPSA) is 109 Å². The number of halogens is 1. The van der Waals surface area contributed by atoms with Gasteiger partial charge >= 0.3 is 5.97 Å². The molecule has 2 aromatic carbocycles. The zero-order valence-corrected chi connectivity index (χ0v) is 23.0. The molecule has 10 nitrogen and oxygen atoms in total. The highest BCUT2D eigenvalue weighted by Gasteiger charge is 2.21. The Hall–Kier alpha value is -3.70. The molecular formula is C27H31BrN6O4. The second-order valence-electron chi connectivity index (χ2n) is 8.62. The number of fused-ring (bicyclic) bond motifs is 1. The van der Waals surface area contributed by atoms with E-state index in [9.17, 15) is 9.59 Å². The summed E-state index contributed by atoms with van der Waals surface area (Å²) in [7, 11) is 1.61. The highest BCUT2D eigenvalue weighted by atomic mass is 79.9. The van der Waals surface area contributed by atoms with Crippen molar-refractivity contribution in [3.8, 4) is 5.75 Å². The number of rotatable bonds is 10. The van der Waals surface area contributed by atoms with Gasteiger partial charge in [0.1, 0.15) is 17.9 Å². The molecule has 3 aromatic rings. The Morgan fingerprint density at radius 2 is 1.95 bits per heavy atom. The minimum absolute atomic E-state index is 0.0537. The van der Waals surface area contributed by atoms with Crippen molar-refractivity contribution in [3.63, 3.8) is 0 Å². The summed E-state index contributed by atoms with van der Waals surface area (Å²) in [5.41, 5.74) is 2.40. The van der Waals surface area contributed by atoms with Gasteiger partial charge in [-0.25, -0.2) is 9.97 Å². The lowest BCUT2D eigenvalue weighted by Crippen LogP contribution is -2.49. The third-order valence-corrected chi connectivity index (χ3v) is 6.55. The van der Waals surface area contributed by atoms with E-state index < -0.39 is 0 Å². The number of piperazine rings is 1. The predicted octanol–water partition coefficient (Wildman–Crippen LogP) is 3.82. The number of nitrogens with one attached hydrogen (secondary N) is 2. The average molecular weight is 583 g/mol. The van der Waals surface area contributed by atoms with Gasteiger partial charge in [-0.3, -0.25) is 14.5 Å². The number of carbonyl (C=O) groups excluding carboxylic acids is 2. The van der Waals surface area contributed by atoms with Crippen molar-refractivity contribution in [2.45, 2.75) is 6.92 Å². The maximum atomic E-state index is 12.6. The second-order valence-corrected chi connectivity index (χ2v) is 9.53. The highest BCUT2D eigenvalue weighted by molar-refractivity contribution is 9.10. The molecule has 0 saturated carbocycles. The lowest BCUT2D eigenvalue weighted by atomic mass is 10.2. The van der Waals surface area contributed by atoms with E-state index in [0.717, 1.165) is 26.8 Å². The monoisotopic (exact) mass is 582 g/mol. The molecule has 1 fully saturated rings. The first-order valence-electron chi connectivity index (χ1n) is 12.4. The molecule has 1 saturated heterocycles. The summed E-state index contributed by atoms with van der Waals surface area (Å²) >= 11 is 3.49. The molecular weight excluding hydrogens is 552 g/mol. The van der Waals surface area contributed by atoms with Crippen molar-refractivity contribution in [1.29, 1.82) is 0 Å². The van der Waals surface area contributed by atoms with Gasteiger partial charge in [0, 0.05) is 60.4 Å². The van der Waals surface area contributed by atoms with Gasteiger partial charge in [0.2, 0.25) is 5.91 Å². The van der Waals surface area contributed by atoms with Crippen LogP contribution in [0, 0.1) is 0 Å². The van der Waals surface area contributed by atoms with Gasteiger partial charge < -0.3 is 25.0 Å². The van der Waals surface area contributed by atoms with E-state index in [2.05, 4.69) is 36.5 Å². The molecule has 200 valence electrons. The van der Waals surface area contributed by atoms with E-state index >= 15 is 0 Å². The van der Waals surface area contributed by atoms with Gasteiger partial charge in [0.05, 0.1) is 31.5 Å². The van der Waals surface area contributed by atoms with Crippen LogP contribution in [0.5, 0.6) is 5.75 Å². The zero-order chi connectivity index (χ0) is 26.9. The summed E-state index contributed by atoms with van der Waals surface area (Å²) in [5.74, 6) is 1.03. The van der Waals surface area contributed by atoms with Crippen LogP contribution in [0.1, 0.15) is 6.92 Å². The first-order chi connectivity index (χ1) is 18.5. The molecule has 1 aliphatic rings. The van der Waals surface area contributed by atoms with Crippen molar-refractivity contribution in [2.24, 2.45) is 0 Å². The summed E-state index contributed by atoms with van der Waals surface area (Å²) in [5, 5.41) is 7.50. The fourth-order valence-corrected chi connectivity index (χ4v) is 4.54. The Morgan fingerprint density at radius 1 is 1.13 bits per heavy atom. The number of benzene rings is 2. The molecule has 4 rings (SSSR count). The van der Waals surface area contributed by atoms with Crippen molar-refractivity contribution in [3.05, 3.63) is 59.4 Å². The molecule has 2 N–H and O–H groups in total. The van der Waals surface area contributed by atoms with Gasteiger partial charge in [0.15, 0.2) is 0 Å². The third-order valence-electron chi connectivity index (χ3n) is 6.06. The molecule has 38 heavy (non-hydrogen) atoms. The van der Waals surface area contributed by atoms with Crippen LogP contribution in [0.3, 0.4) is 0 Å². The number of anilines is 3. The summed E-state index contributed by atoms with van der Waals surface area (Å²) in [6.07, 6.45) is 4.88. The maximum Gasteiger partial charge on any atom is 0.320 e. The van der Waals surface area contributed by atoms with E-state index in [1.807, 2.05) is 41.3 Å². The van der Waals surface area contributed by atoms with Gasteiger partial charge in [-0.15, -0.1) is 0 Å². The molecule has 0 unspecified atom stereocenters. The molecule has 1 aromatic heterocycles. The molecule has 0 aliphatic carbocycles. The Kier molecular flexibility index (Phi) is 9.50. The van der Waals surface area contributed by atoms with Gasteiger partial charge in [-0.2, -0.15) is 0 Å². The number of carbonyl (C=O) groups is 2. The Morgan fingerprint density at radius 3 is 2.68 bits per heavy atom. The summed E-state index contributed by atoms with van der Waals surface area (Å²) in [6.45, 7) is 5.28. The Labute approximate surface area is 230 Å². The van der Waals surface area contributed by atoms with Gasteiger partial charge in [0.25, 0.3) is 0 Å². The smallest absolute Gasteiger partial charge is 0.320 e. The van der Waals surface area contributed by atoms with Crippen LogP contribution in [0.2, 0.25) is 0 Å². The zero-order valence-electron chi connectivity index (χ0n) is 21.4. The van der Waals surface area contributed by atoms with E-state index in [0.29, 0.717) is 50.9 Å². The van der Waals surface area contributed by atoms with Crippen molar-refractivity contribution < 1.29 is 19.1 Å². The minimum atomic E-state index is -0.232. The summed E-state index contributed by atoms with van der Waals surface area (Å²) in [6, 6.07) is 11.6. The van der Waals surface area contributed by atoms with E-state index in [-0.39, 0.29) is 18.4 Å². The number of amides is 1. The number of ether oxygens (including phenoxy) is 2. The van der Waals surface area contributed by atoms with Crippen molar-refractivity contribution in [1.82, 2.24) is 19.8 Å².